The molecular formula is C32H36ClN3O5. The third-order valence-corrected chi connectivity index (χ3v) is 6.97. The number of piperidine rings is 1. The van der Waals surface area contributed by atoms with Gasteiger partial charge in [-0.2, -0.15) is 0 Å². The van der Waals surface area contributed by atoms with E-state index in [1.54, 1.807) is 24.3 Å². The zero-order chi connectivity index (χ0) is 28.3. The number of benzene rings is 3. The summed E-state index contributed by atoms with van der Waals surface area (Å²) in [5.74, 6) is 0.412. The number of hydrogen-bond acceptors (Lipinski definition) is 6. The summed E-state index contributed by atoms with van der Waals surface area (Å²) in [5.41, 5.74) is 8.01. The van der Waals surface area contributed by atoms with E-state index in [9.17, 15) is 9.59 Å². The summed E-state index contributed by atoms with van der Waals surface area (Å²) < 4.78 is 16.8. The first-order chi connectivity index (χ1) is 19.4. The van der Waals surface area contributed by atoms with E-state index in [4.69, 9.17) is 25.4 Å². The number of guanidine groups is 1. The lowest BCUT2D eigenvalue weighted by molar-refractivity contribution is -0.141. The molecule has 0 unspecified atom stereocenters. The number of esters is 2. The molecule has 4 rings (SSSR count). The van der Waals surface area contributed by atoms with Gasteiger partial charge in [-0.25, -0.2) is 4.79 Å². The Morgan fingerprint density at radius 2 is 1.59 bits per heavy atom. The summed E-state index contributed by atoms with van der Waals surface area (Å²) in [5, 5.41) is 7.53. The van der Waals surface area contributed by atoms with Crippen molar-refractivity contribution in [1.29, 1.82) is 5.41 Å². The van der Waals surface area contributed by atoms with Crippen molar-refractivity contribution in [3.8, 4) is 11.5 Å². The van der Waals surface area contributed by atoms with Gasteiger partial charge in [-0.15, -0.1) is 12.4 Å². The fourth-order valence-electron chi connectivity index (χ4n) is 4.73. The number of hydrogen-bond donors (Lipinski definition) is 2. The van der Waals surface area contributed by atoms with Crippen LogP contribution in [0.1, 0.15) is 48.5 Å². The number of carbonyl (C=O) groups excluding carboxylic acids is 2. The third-order valence-electron chi connectivity index (χ3n) is 6.97. The number of methoxy groups -OCH3 is 1. The standard InChI is InChI=1S/C32H35N3O5.ClH/c1-38-28-22-24(12-15-27(28)39-29(36)16-13-23-18-20-35(21-19-23)32(33)34)14-17-30(37)40-31(25-8-4-2-5-9-25)26-10-6-3-7-11-26;/h2-12,14-15,17,22-23,31H,13,16,18-21H2,1H3,(H3,33,34);1H. The first-order valence-electron chi connectivity index (χ1n) is 13.4. The minimum absolute atomic E-state index is 0. The molecule has 1 fully saturated rings. The average Bonchev–Trinajstić information content (AvgIpc) is 2.99. The molecule has 9 heteroatoms. The highest BCUT2D eigenvalue weighted by Gasteiger charge is 2.21. The van der Waals surface area contributed by atoms with Gasteiger partial charge in [-0.05, 0) is 60.1 Å². The topological polar surface area (TPSA) is 115 Å². The summed E-state index contributed by atoms with van der Waals surface area (Å²) in [7, 11) is 1.50. The Morgan fingerprint density at radius 3 is 2.15 bits per heavy atom. The van der Waals surface area contributed by atoms with Crippen LogP contribution in [-0.4, -0.2) is 43.0 Å². The summed E-state index contributed by atoms with van der Waals surface area (Å²) in [6.45, 7) is 1.48. The smallest absolute Gasteiger partial charge is 0.331 e. The molecular weight excluding hydrogens is 542 g/mol. The molecule has 1 heterocycles. The second kappa shape index (κ2) is 15.5. The Labute approximate surface area is 247 Å². The van der Waals surface area contributed by atoms with Crippen molar-refractivity contribution in [2.75, 3.05) is 20.2 Å². The molecule has 216 valence electrons. The lowest BCUT2D eigenvalue weighted by Crippen LogP contribution is -2.42. The number of nitrogens with zero attached hydrogens (tertiary/aromatic N) is 1. The van der Waals surface area contributed by atoms with Crippen molar-refractivity contribution in [1.82, 2.24) is 4.90 Å². The zero-order valence-electron chi connectivity index (χ0n) is 23.0. The average molecular weight is 578 g/mol. The lowest BCUT2D eigenvalue weighted by Gasteiger charge is -2.31. The van der Waals surface area contributed by atoms with Crippen molar-refractivity contribution in [3.05, 3.63) is 102 Å². The highest BCUT2D eigenvalue weighted by atomic mass is 35.5. The van der Waals surface area contributed by atoms with Crippen LogP contribution in [0.2, 0.25) is 0 Å². The van der Waals surface area contributed by atoms with Crippen LogP contribution >= 0.6 is 12.4 Å². The Morgan fingerprint density at radius 1 is 0.976 bits per heavy atom. The van der Waals surface area contributed by atoms with Crippen molar-refractivity contribution < 1.29 is 23.8 Å². The first-order valence-corrected chi connectivity index (χ1v) is 13.4. The fourth-order valence-corrected chi connectivity index (χ4v) is 4.73. The van der Waals surface area contributed by atoms with Gasteiger partial charge in [0.25, 0.3) is 0 Å². The largest absolute Gasteiger partial charge is 0.493 e. The van der Waals surface area contributed by atoms with Gasteiger partial charge < -0.3 is 24.8 Å². The molecule has 3 N–H and O–H groups in total. The second-order valence-corrected chi connectivity index (χ2v) is 9.71. The molecule has 0 saturated carbocycles. The highest BCUT2D eigenvalue weighted by Crippen LogP contribution is 2.30. The molecule has 3 aromatic carbocycles. The van der Waals surface area contributed by atoms with E-state index in [1.165, 1.54) is 13.2 Å². The van der Waals surface area contributed by atoms with Crippen molar-refractivity contribution in [2.24, 2.45) is 11.7 Å². The first kappa shape index (κ1) is 31.2. The maximum Gasteiger partial charge on any atom is 0.331 e. The summed E-state index contributed by atoms with van der Waals surface area (Å²) in [6.07, 6.45) is 5.30. The maximum atomic E-state index is 12.8. The molecule has 1 saturated heterocycles. The quantitative estimate of drug-likeness (QED) is 0.104. The van der Waals surface area contributed by atoms with E-state index < -0.39 is 12.1 Å². The number of rotatable bonds is 10. The highest BCUT2D eigenvalue weighted by molar-refractivity contribution is 5.87. The number of carbonyl (C=O) groups is 2. The number of nitrogens with two attached hydrogens (primary N) is 1. The number of nitrogens with one attached hydrogen (secondary N) is 1. The summed E-state index contributed by atoms with van der Waals surface area (Å²) >= 11 is 0. The molecule has 0 bridgehead atoms. The Bertz CT molecular complexity index is 1290. The predicted molar refractivity (Wildman–Crippen MR) is 161 cm³/mol. The van der Waals surface area contributed by atoms with Gasteiger partial charge in [0.1, 0.15) is 0 Å². The van der Waals surface area contributed by atoms with Gasteiger partial charge in [-0.3, -0.25) is 10.2 Å². The van der Waals surface area contributed by atoms with Crippen LogP contribution < -0.4 is 15.2 Å². The van der Waals surface area contributed by atoms with E-state index in [1.807, 2.05) is 65.6 Å². The van der Waals surface area contributed by atoms with E-state index in [0.717, 1.165) is 43.5 Å². The molecule has 0 spiro atoms. The molecule has 1 aliphatic rings. The molecule has 0 atom stereocenters. The molecule has 41 heavy (non-hydrogen) atoms. The van der Waals surface area contributed by atoms with Crippen molar-refractivity contribution in [2.45, 2.75) is 31.8 Å². The number of ether oxygens (including phenoxy) is 3. The van der Waals surface area contributed by atoms with E-state index in [-0.39, 0.29) is 24.3 Å². The normalized spacial score (nSPS) is 13.5. The summed E-state index contributed by atoms with van der Waals surface area (Å²) in [4.78, 5) is 27.1. The second-order valence-electron chi connectivity index (χ2n) is 9.71. The van der Waals surface area contributed by atoms with Crippen molar-refractivity contribution >= 4 is 36.4 Å². The van der Waals surface area contributed by atoms with Crippen LogP contribution in [-0.2, 0) is 14.3 Å². The Balaban J connectivity index is 0.00000462. The van der Waals surface area contributed by atoms with E-state index >= 15 is 0 Å². The van der Waals surface area contributed by atoms with E-state index in [2.05, 4.69) is 0 Å². The molecule has 0 amide bonds. The van der Waals surface area contributed by atoms with Gasteiger partial charge in [0.15, 0.2) is 23.6 Å². The maximum absolute atomic E-state index is 12.8. The SMILES string of the molecule is COc1cc(C=CC(=O)OC(c2ccccc2)c2ccccc2)ccc1OC(=O)CCC1CCN(C(=N)N)CC1.Cl. The fraction of sp³-hybridized carbons (Fsp3) is 0.281. The minimum Gasteiger partial charge on any atom is -0.493 e. The molecule has 0 radical (unpaired) electrons. The molecule has 0 aliphatic carbocycles. The summed E-state index contributed by atoms with van der Waals surface area (Å²) in [6, 6.07) is 24.3. The number of halogens is 1. The third kappa shape index (κ3) is 9.11. The van der Waals surface area contributed by atoms with Crippen LogP contribution in [0.3, 0.4) is 0 Å². The molecule has 8 nitrogen and oxygen atoms in total. The zero-order valence-corrected chi connectivity index (χ0v) is 23.8. The van der Waals surface area contributed by atoms with Gasteiger partial charge in [0.2, 0.25) is 0 Å². The molecule has 0 aromatic heterocycles. The van der Waals surface area contributed by atoms with Gasteiger partial charge in [-0.1, -0.05) is 66.7 Å². The van der Waals surface area contributed by atoms with Gasteiger partial charge >= 0.3 is 11.9 Å². The van der Waals surface area contributed by atoms with Crippen LogP contribution in [0, 0.1) is 11.3 Å². The van der Waals surface area contributed by atoms with Gasteiger partial charge in [0, 0.05) is 25.6 Å². The monoisotopic (exact) mass is 577 g/mol. The van der Waals surface area contributed by atoms with Crippen LogP contribution in [0.15, 0.2) is 84.9 Å². The predicted octanol–water partition coefficient (Wildman–Crippen LogP) is 5.75. The Kier molecular flexibility index (Phi) is 11.8. The molecule has 1 aliphatic heterocycles. The minimum atomic E-state index is -0.530. The van der Waals surface area contributed by atoms with Crippen LogP contribution in [0.25, 0.3) is 6.08 Å². The molecule has 3 aromatic rings. The van der Waals surface area contributed by atoms with Gasteiger partial charge in [0.05, 0.1) is 7.11 Å². The van der Waals surface area contributed by atoms with Crippen molar-refractivity contribution in [3.63, 3.8) is 0 Å². The van der Waals surface area contributed by atoms with Crippen LogP contribution in [0.4, 0.5) is 0 Å². The lowest BCUT2D eigenvalue weighted by atomic mass is 9.92. The number of likely N-dealkylation sites (tertiary alicyclic amines) is 1. The van der Waals surface area contributed by atoms with E-state index in [0.29, 0.717) is 29.4 Å². The van der Waals surface area contributed by atoms with Crippen LogP contribution in [0.5, 0.6) is 11.5 Å². The Hall–Kier alpha value is -4.30.